The molecular weight excluding hydrogens is 420 g/mol. The van der Waals surface area contributed by atoms with Gasteiger partial charge >= 0.3 is 11.9 Å². The first-order valence-corrected chi connectivity index (χ1v) is 11.1. The quantitative estimate of drug-likeness (QED) is 0.530. The number of fused-ring (bicyclic) bond motifs is 1. The molecule has 8 nitrogen and oxygen atoms in total. The van der Waals surface area contributed by atoms with Crippen LogP contribution < -0.4 is 9.47 Å². The van der Waals surface area contributed by atoms with E-state index in [0.717, 1.165) is 50.8 Å². The molecule has 0 radical (unpaired) electrons. The summed E-state index contributed by atoms with van der Waals surface area (Å²) in [6.45, 7) is 6.83. The van der Waals surface area contributed by atoms with Crippen LogP contribution in [0.4, 0.5) is 0 Å². The zero-order chi connectivity index (χ0) is 22.2. The molecule has 2 aromatic rings. The van der Waals surface area contributed by atoms with Crippen LogP contribution in [0.2, 0.25) is 0 Å². The van der Waals surface area contributed by atoms with E-state index in [9.17, 15) is 0 Å². The molecule has 4 rings (SSSR count). The van der Waals surface area contributed by atoms with Crippen LogP contribution in [-0.2, 0) is 22.7 Å². The summed E-state index contributed by atoms with van der Waals surface area (Å²) in [7, 11) is 0. The second-order valence-electron chi connectivity index (χ2n) is 7.20. The molecule has 0 bridgehead atoms. The Balaban J connectivity index is 0.000000401. The largest absolute Gasteiger partial charge is 0.473 e. The minimum Gasteiger partial charge on any atom is -0.473 e. The van der Waals surface area contributed by atoms with E-state index >= 15 is 0 Å². The third-order valence-corrected chi connectivity index (χ3v) is 5.80. The van der Waals surface area contributed by atoms with E-state index < -0.39 is 11.9 Å². The van der Waals surface area contributed by atoms with Crippen LogP contribution in [0.25, 0.3) is 0 Å². The van der Waals surface area contributed by atoms with Crippen LogP contribution >= 0.6 is 11.8 Å². The van der Waals surface area contributed by atoms with Gasteiger partial charge in [0.2, 0.25) is 6.79 Å². The van der Waals surface area contributed by atoms with Gasteiger partial charge < -0.3 is 19.7 Å². The van der Waals surface area contributed by atoms with E-state index in [1.807, 2.05) is 6.07 Å². The number of aliphatic carboxylic acids is 2. The highest BCUT2D eigenvalue weighted by atomic mass is 32.2. The number of ether oxygens (including phenoxy) is 2. The van der Waals surface area contributed by atoms with E-state index in [4.69, 9.17) is 29.3 Å². The highest BCUT2D eigenvalue weighted by molar-refractivity contribution is 7.98. The summed E-state index contributed by atoms with van der Waals surface area (Å²) >= 11 is 1.80. The van der Waals surface area contributed by atoms with Gasteiger partial charge in [-0.15, -0.1) is 11.8 Å². The van der Waals surface area contributed by atoms with Gasteiger partial charge in [-0.1, -0.05) is 18.2 Å². The summed E-state index contributed by atoms with van der Waals surface area (Å²) in [6.07, 6.45) is 2.12. The molecule has 2 aromatic carbocycles. The minimum absolute atomic E-state index is 0.343. The molecule has 0 amide bonds. The number of carboxylic acid groups (broad SMARTS) is 2. The smallest absolute Gasteiger partial charge is 0.414 e. The molecule has 0 aromatic heterocycles. The van der Waals surface area contributed by atoms with Crippen molar-refractivity contribution in [3.05, 3.63) is 53.6 Å². The van der Waals surface area contributed by atoms with Crippen LogP contribution in [0.3, 0.4) is 0 Å². The van der Waals surface area contributed by atoms with Crippen molar-refractivity contribution in [3.63, 3.8) is 0 Å². The van der Waals surface area contributed by atoms with Crippen molar-refractivity contribution >= 4 is 23.7 Å². The number of thioether (sulfide) groups is 1. The Morgan fingerprint density at radius 1 is 0.839 bits per heavy atom. The molecule has 2 aliphatic heterocycles. The van der Waals surface area contributed by atoms with E-state index in [-0.39, 0.29) is 0 Å². The van der Waals surface area contributed by atoms with Crippen LogP contribution in [-0.4, -0.2) is 71.2 Å². The van der Waals surface area contributed by atoms with Crippen molar-refractivity contribution in [2.24, 2.45) is 0 Å². The summed E-state index contributed by atoms with van der Waals surface area (Å²) < 4.78 is 10.9. The Labute approximate surface area is 185 Å². The zero-order valence-corrected chi connectivity index (χ0v) is 18.1. The van der Waals surface area contributed by atoms with Gasteiger partial charge in [0.05, 0.1) is 0 Å². The molecule has 0 atom stereocenters. The lowest BCUT2D eigenvalue weighted by molar-refractivity contribution is -0.159. The molecule has 2 aliphatic rings. The summed E-state index contributed by atoms with van der Waals surface area (Å²) in [5.41, 5.74) is 2.70. The Morgan fingerprint density at radius 2 is 1.35 bits per heavy atom. The Hall–Kier alpha value is -2.75. The first-order valence-electron chi connectivity index (χ1n) is 9.87. The topological polar surface area (TPSA) is 99.5 Å². The molecule has 0 aliphatic carbocycles. The number of nitrogens with zero attached hydrogens (tertiary/aromatic N) is 2. The minimum atomic E-state index is -1.82. The fourth-order valence-electron chi connectivity index (χ4n) is 3.39. The summed E-state index contributed by atoms with van der Waals surface area (Å²) in [5, 5.41) is 14.8. The molecule has 166 valence electrons. The van der Waals surface area contributed by atoms with Crippen molar-refractivity contribution in [2.45, 2.75) is 18.0 Å². The molecular formula is C22H26N2O6S. The lowest BCUT2D eigenvalue weighted by atomic mass is 10.1. The fourth-order valence-corrected chi connectivity index (χ4v) is 3.80. The second-order valence-corrected chi connectivity index (χ2v) is 8.08. The van der Waals surface area contributed by atoms with Crippen molar-refractivity contribution in [2.75, 3.05) is 39.2 Å². The molecule has 31 heavy (non-hydrogen) atoms. The van der Waals surface area contributed by atoms with Gasteiger partial charge in [0.1, 0.15) is 0 Å². The van der Waals surface area contributed by atoms with E-state index in [0.29, 0.717) is 6.79 Å². The number of benzene rings is 2. The zero-order valence-electron chi connectivity index (χ0n) is 17.3. The van der Waals surface area contributed by atoms with E-state index in [1.165, 1.54) is 16.0 Å². The molecule has 0 unspecified atom stereocenters. The van der Waals surface area contributed by atoms with Crippen molar-refractivity contribution < 1.29 is 29.3 Å². The van der Waals surface area contributed by atoms with Gasteiger partial charge in [-0.3, -0.25) is 9.80 Å². The lowest BCUT2D eigenvalue weighted by Gasteiger charge is -2.34. The Kier molecular flexibility index (Phi) is 8.16. The van der Waals surface area contributed by atoms with Gasteiger partial charge in [0.15, 0.2) is 11.5 Å². The monoisotopic (exact) mass is 446 g/mol. The fraction of sp³-hybridized carbons (Fsp3) is 0.364. The number of rotatable bonds is 5. The normalized spacial score (nSPS) is 15.8. The number of hydrogen-bond donors (Lipinski definition) is 2. The van der Waals surface area contributed by atoms with Crippen molar-refractivity contribution in [1.82, 2.24) is 9.80 Å². The Bertz CT molecular complexity index is 885. The number of carboxylic acids is 2. The summed E-state index contributed by atoms with van der Waals surface area (Å²) in [6, 6.07) is 15.2. The lowest BCUT2D eigenvalue weighted by Crippen LogP contribution is -2.45. The first-order chi connectivity index (χ1) is 14.9. The predicted octanol–water partition coefficient (Wildman–Crippen LogP) is 2.61. The van der Waals surface area contributed by atoms with Crippen molar-refractivity contribution in [1.29, 1.82) is 0 Å². The number of carbonyl (C=O) groups is 2. The van der Waals surface area contributed by atoms with E-state index in [2.05, 4.69) is 52.5 Å². The van der Waals surface area contributed by atoms with Gasteiger partial charge in [-0.2, -0.15) is 0 Å². The number of hydrogen-bond acceptors (Lipinski definition) is 7. The van der Waals surface area contributed by atoms with Crippen LogP contribution in [0.15, 0.2) is 47.4 Å². The molecule has 2 heterocycles. The van der Waals surface area contributed by atoms with Crippen molar-refractivity contribution in [3.8, 4) is 11.5 Å². The Morgan fingerprint density at radius 3 is 1.90 bits per heavy atom. The average molecular weight is 447 g/mol. The predicted molar refractivity (Wildman–Crippen MR) is 117 cm³/mol. The first kappa shape index (κ1) is 22.9. The van der Waals surface area contributed by atoms with Gasteiger partial charge in [0, 0.05) is 44.2 Å². The van der Waals surface area contributed by atoms with Gasteiger partial charge in [-0.05, 0) is 41.6 Å². The summed E-state index contributed by atoms with van der Waals surface area (Å²) in [5.74, 6) is -1.91. The maximum absolute atomic E-state index is 9.10. The average Bonchev–Trinajstić information content (AvgIpc) is 3.24. The standard InChI is InChI=1S/C20H24N2O2S.C2H2O4/c1-25-18-5-2-16(3-6-18)13-21-8-10-22(11-9-21)14-17-4-7-19-20(12-17)24-15-23-19;3-1(4)2(5)6/h2-7,12H,8-11,13-15H2,1H3;(H,3,4)(H,5,6). The third-order valence-electron chi connectivity index (χ3n) is 5.06. The van der Waals surface area contributed by atoms with Gasteiger partial charge in [0.25, 0.3) is 0 Å². The van der Waals surface area contributed by atoms with Crippen LogP contribution in [0, 0.1) is 0 Å². The van der Waals surface area contributed by atoms with Crippen LogP contribution in [0.1, 0.15) is 11.1 Å². The van der Waals surface area contributed by atoms with Crippen LogP contribution in [0.5, 0.6) is 11.5 Å². The molecule has 1 saturated heterocycles. The molecule has 1 fully saturated rings. The van der Waals surface area contributed by atoms with Gasteiger partial charge in [-0.25, -0.2) is 9.59 Å². The maximum atomic E-state index is 9.10. The SMILES string of the molecule is CSc1ccc(CN2CCN(Cc3ccc4c(c3)OCO4)CC2)cc1.O=C(O)C(=O)O. The number of piperazine rings is 1. The summed E-state index contributed by atoms with van der Waals surface area (Å²) in [4.78, 5) is 24.6. The highest BCUT2D eigenvalue weighted by Gasteiger charge is 2.19. The van der Waals surface area contributed by atoms with E-state index in [1.54, 1.807) is 11.8 Å². The third kappa shape index (κ3) is 6.88. The molecule has 0 spiro atoms. The highest BCUT2D eigenvalue weighted by Crippen LogP contribution is 2.32. The second kappa shape index (κ2) is 11.0. The molecule has 0 saturated carbocycles. The molecule has 9 heteroatoms. The molecule has 2 N–H and O–H groups in total. The maximum Gasteiger partial charge on any atom is 0.414 e.